The van der Waals surface area contributed by atoms with Crippen molar-refractivity contribution < 1.29 is 14.1 Å². The molecular weight excluding hydrogens is 294 g/mol. The van der Waals surface area contributed by atoms with Crippen molar-refractivity contribution in [2.75, 3.05) is 25.1 Å². The van der Waals surface area contributed by atoms with E-state index in [1.165, 1.54) is 0 Å². The standard InChI is InChI=1S/C17H27N3O3/c1-5-13-14(12(4)23-19-13)18-16(21)20-10-17(15(20)11(2)3)6-8-22-9-7-17/h11,15H,5-10H2,1-4H3,(H,18,21). The molecule has 0 saturated carbocycles. The highest BCUT2D eigenvalue weighted by Gasteiger charge is 2.55. The van der Waals surface area contributed by atoms with Crippen molar-refractivity contribution in [2.45, 2.75) is 53.0 Å². The predicted molar refractivity (Wildman–Crippen MR) is 87.5 cm³/mol. The largest absolute Gasteiger partial charge is 0.381 e. The lowest BCUT2D eigenvalue weighted by Crippen LogP contribution is -2.70. The van der Waals surface area contributed by atoms with E-state index in [1.807, 2.05) is 18.7 Å². The van der Waals surface area contributed by atoms with Crippen molar-refractivity contribution >= 4 is 11.7 Å². The molecular formula is C17H27N3O3. The number of hydrogen-bond acceptors (Lipinski definition) is 4. The topological polar surface area (TPSA) is 67.6 Å². The summed E-state index contributed by atoms with van der Waals surface area (Å²) in [6.45, 7) is 10.7. The van der Waals surface area contributed by atoms with Crippen LogP contribution in [0.15, 0.2) is 4.52 Å². The SMILES string of the molecule is CCc1noc(C)c1NC(=O)N1CC2(CCOCC2)C1C(C)C. The van der Waals surface area contributed by atoms with Gasteiger partial charge in [-0.1, -0.05) is 25.9 Å². The van der Waals surface area contributed by atoms with E-state index in [9.17, 15) is 4.79 Å². The zero-order chi connectivity index (χ0) is 16.6. The minimum Gasteiger partial charge on any atom is -0.381 e. The molecule has 1 aromatic rings. The number of ether oxygens (including phenoxy) is 1. The molecule has 3 heterocycles. The van der Waals surface area contributed by atoms with Gasteiger partial charge in [-0.15, -0.1) is 0 Å². The molecule has 6 heteroatoms. The molecule has 3 rings (SSSR count). The van der Waals surface area contributed by atoms with Gasteiger partial charge in [0.25, 0.3) is 0 Å². The Bertz CT molecular complexity index is 576. The van der Waals surface area contributed by atoms with Crippen LogP contribution >= 0.6 is 0 Å². The molecule has 6 nitrogen and oxygen atoms in total. The molecule has 1 aromatic heterocycles. The first-order chi connectivity index (χ1) is 11.0. The maximum absolute atomic E-state index is 12.8. The predicted octanol–water partition coefficient (Wildman–Crippen LogP) is 3.21. The molecule has 2 aliphatic rings. The molecule has 0 aliphatic carbocycles. The zero-order valence-electron chi connectivity index (χ0n) is 14.5. The zero-order valence-corrected chi connectivity index (χ0v) is 14.5. The molecule has 1 unspecified atom stereocenters. The molecule has 2 saturated heterocycles. The fourth-order valence-corrected chi connectivity index (χ4v) is 4.24. The lowest BCUT2D eigenvalue weighted by Gasteiger charge is -2.60. The van der Waals surface area contributed by atoms with Crippen molar-refractivity contribution in [2.24, 2.45) is 11.3 Å². The Morgan fingerprint density at radius 1 is 1.43 bits per heavy atom. The minimum absolute atomic E-state index is 0.0400. The second kappa shape index (κ2) is 6.15. The molecule has 2 amide bonds. The number of amides is 2. The van der Waals surface area contributed by atoms with E-state index in [0.717, 1.165) is 50.4 Å². The van der Waals surface area contributed by atoms with Crippen molar-refractivity contribution in [1.82, 2.24) is 10.1 Å². The van der Waals surface area contributed by atoms with Gasteiger partial charge in [-0.3, -0.25) is 0 Å². The fourth-order valence-electron chi connectivity index (χ4n) is 4.24. The summed E-state index contributed by atoms with van der Waals surface area (Å²) < 4.78 is 10.7. The second-order valence-electron chi connectivity index (χ2n) is 7.14. The average molecular weight is 321 g/mol. The van der Waals surface area contributed by atoms with E-state index in [-0.39, 0.29) is 17.5 Å². The Morgan fingerprint density at radius 3 is 2.74 bits per heavy atom. The highest BCUT2D eigenvalue weighted by Crippen LogP contribution is 2.49. The molecule has 128 valence electrons. The van der Waals surface area contributed by atoms with Crippen molar-refractivity contribution in [3.8, 4) is 0 Å². The van der Waals surface area contributed by atoms with Gasteiger partial charge in [-0.05, 0) is 32.1 Å². The molecule has 1 atom stereocenters. The van der Waals surface area contributed by atoms with Crippen LogP contribution < -0.4 is 5.32 Å². The molecule has 1 N–H and O–H groups in total. The number of rotatable bonds is 3. The van der Waals surface area contributed by atoms with Gasteiger partial charge < -0.3 is 19.5 Å². The summed E-state index contributed by atoms with van der Waals surface area (Å²) in [5.74, 6) is 1.10. The van der Waals surface area contributed by atoms with Gasteiger partial charge in [-0.2, -0.15) is 0 Å². The van der Waals surface area contributed by atoms with Gasteiger partial charge in [0.05, 0.1) is 0 Å². The highest BCUT2D eigenvalue weighted by molar-refractivity contribution is 5.91. The Balaban J connectivity index is 1.74. The number of aromatic nitrogens is 1. The van der Waals surface area contributed by atoms with Gasteiger partial charge >= 0.3 is 6.03 Å². The third-order valence-electron chi connectivity index (χ3n) is 5.33. The molecule has 0 radical (unpaired) electrons. The lowest BCUT2D eigenvalue weighted by molar-refractivity contribution is -0.122. The Morgan fingerprint density at radius 2 is 2.13 bits per heavy atom. The monoisotopic (exact) mass is 321 g/mol. The summed E-state index contributed by atoms with van der Waals surface area (Å²) in [4.78, 5) is 14.7. The van der Waals surface area contributed by atoms with Crippen LogP contribution in [0.2, 0.25) is 0 Å². The van der Waals surface area contributed by atoms with E-state index in [1.54, 1.807) is 0 Å². The summed E-state index contributed by atoms with van der Waals surface area (Å²) in [5.41, 5.74) is 1.77. The number of nitrogens with one attached hydrogen (secondary N) is 1. The van der Waals surface area contributed by atoms with Gasteiger partial charge in [-0.25, -0.2) is 4.79 Å². The maximum Gasteiger partial charge on any atom is 0.322 e. The molecule has 2 fully saturated rings. The highest BCUT2D eigenvalue weighted by atomic mass is 16.5. The van der Waals surface area contributed by atoms with Crippen LogP contribution in [0.3, 0.4) is 0 Å². The molecule has 2 aliphatic heterocycles. The number of carbonyl (C=O) groups excluding carboxylic acids is 1. The van der Waals surface area contributed by atoms with Crippen LogP contribution in [0, 0.1) is 18.3 Å². The Labute approximate surface area is 137 Å². The van der Waals surface area contributed by atoms with Crippen LogP contribution in [0.25, 0.3) is 0 Å². The number of aryl methyl sites for hydroxylation is 2. The van der Waals surface area contributed by atoms with E-state index in [0.29, 0.717) is 11.7 Å². The van der Waals surface area contributed by atoms with Gasteiger partial charge in [0, 0.05) is 31.2 Å². The second-order valence-corrected chi connectivity index (χ2v) is 7.14. The summed E-state index contributed by atoms with van der Waals surface area (Å²) in [5, 5.41) is 7.02. The van der Waals surface area contributed by atoms with Crippen molar-refractivity contribution in [1.29, 1.82) is 0 Å². The number of hydrogen-bond donors (Lipinski definition) is 1. The normalized spacial score (nSPS) is 23.2. The van der Waals surface area contributed by atoms with Gasteiger partial charge in [0.2, 0.25) is 0 Å². The number of nitrogens with zero attached hydrogens (tertiary/aromatic N) is 2. The fraction of sp³-hybridized carbons (Fsp3) is 0.765. The first-order valence-corrected chi connectivity index (χ1v) is 8.59. The first-order valence-electron chi connectivity index (χ1n) is 8.59. The van der Waals surface area contributed by atoms with Crippen LogP contribution in [-0.2, 0) is 11.2 Å². The Hall–Kier alpha value is -1.56. The van der Waals surface area contributed by atoms with Gasteiger partial charge in [0.1, 0.15) is 11.4 Å². The van der Waals surface area contributed by atoms with E-state index < -0.39 is 0 Å². The van der Waals surface area contributed by atoms with Crippen molar-refractivity contribution in [3.63, 3.8) is 0 Å². The summed E-state index contributed by atoms with van der Waals surface area (Å²) in [6.07, 6.45) is 2.83. The third-order valence-corrected chi connectivity index (χ3v) is 5.33. The smallest absolute Gasteiger partial charge is 0.322 e. The van der Waals surface area contributed by atoms with Crippen LogP contribution in [0.4, 0.5) is 10.5 Å². The average Bonchev–Trinajstić information content (AvgIpc) is 2.85. The summed E-state index contributed by atoms with van der Waals surface area (Å²) >= 11 is 0. The lowest BCUT2D eigenvalue weighted by atomic mass is 9.63. The van der Waals surface area contributed by atoms with Gasteiger partial charge in [0.15, 0.2) is 5.76 Å². The summed E-state index contributed by atoms with van der Waals surface area (Å²) in [7, 11) is 0. The molecule has 1 spiro atoms. The molecule has 23 heavy (non-hydrogen) atoms. The van der Waals surface area contributed by atoms with Crippen molar-refractivity contribution in [3.05, 3.63) is 11.5 Å². The molecule has 0 aromatic carbocycles. The van der Waals surface area contributed by atoms with E-state index >= 15 is 0 Å². The number of likely N-dealkylation sites (tertiary alicyclic amines) is 1. The number of anilines is 1. The summed E-state index contributed by atoms with van der Waals surface area (Å²) in [6, 6.07) is 0.235. The van der Waals surface area contributed by atoms with Crippen LogP contribution in [0.5, 0.6) is 0 Å². The number of urea groups is 1. The maximum atomic E-state index is 12.8. The first kappa shape index (κ1) is 16.3. The molecule has 0 bridgehead atoms. The van der Waals surface area contributed by atoms with Crippen LogP contribution in [0.1, 0.15) is 45.1 Å². The van der Waals surface area contributed by atoms with E-state index in [2.05, 4.69) is 24.3 Å². The Kier molecular flexibility index (Phi) is 4.36. The van der Waals surface area contributed by atoms with E-state index in [4.69, 9.17) is 9.26 Å². The quantitative estimate of drug-likeness (QED) is 0.928. The third kappa shape index (κ3) is 2.73. The van der Waals surface area contributed by atoms with Crippen LogP contribution in [-0.4, -0.2) is 41.9 Å². The minimum atomic E-state index is -0.0400. The number of carbonyl (C=O) groups is 1.